The normalized spacial score (nSPS) is 23.1. The fourth-order valence-electron chi connectivity index (χ4n) is 2.12. The Balaban J connectivity index is 0.00000112. The molecule has 1 fully saturated rings. The van der Waals surface area contributed by atoms with E-state index < -0.39 is 16.9 Å². The smallest absolute Gasteiger partial charge is 0.328 e. The van der Waals surface area contributed by atoms with Gasteiger partial charge in [-0.25, -0.2) is 9.68 Å². The van der Waals surface area contributed by atoms with Gasteiger partial charge < -0.3 is 9.84 Å². The second kappa shape index (κ2) is 11.7. The second-order valence-corrected chi connectivity index (χ2v) is 5.16. The molecule has 134 valence electrons. The Labute approximate surface area is 149 Å². The molecule has 1 unspecified atom stereocenters. The van der Waals surface area contributed by atoms with E-state index in [1.807, 2.05) is 20.8 Å². The van der Waals surface area contributed by atoms with Gasteiger partial charge in [0, 0.05) is 19.4 Å². The molecule has 2 atom stereocenters. The zero-order valence-corrected chi connectivity index (χ0v) is 16.0. The van der Waals surface area contributed by atoms with Crippen LogP contribution in [0, 0.1) is 0 Å². The number of nitrogens with one attached hydrogen (secondary N) is 1. The summed E-state index contributed by atoms with van der Waals surface area (Å²) >= 11 is 1.65. The molecule has 1 aromatic rings. The number of H-pyrrole nitrogens is 1. The van der Waals surface area contributed by atoms with E-state index in [-0.39, 0.29) is 6.04 Å². The first kappa shape index (κ1) is 22.2. The van der Waals surface area contributed by atoms with Crippen molar-refractivity contribution in [2.45, 2.75) is 45.3 Å². The Hall–Kier alpha value is -0.750. The highest BCUT2D eigenvalue weighted by atomic mass is 127. The van der Waals surface area contributed by atoms with Gasteiger partial charge in [-0.2, -0.15) is 3.22 Å². The van der Waals surface area contributed by atoms with Crippen LogP contribution in [0.1, 0.15) is 39.7 Å². The number of hydrogen-bond donors (Lipinski definition) is 2. The van der Waals surface area contributed by atoms with E-state index in [2.05, 4.69) is 8.20 Å². The lowest BCUT2D eigenvalue weighted by atomic mass is 9.94. The molecule has 9 heteroatoms. The van der Waals surface area contributed by atoms with Crippen LogP contribution in [0.3, 0.4) is 0 Å². The molecular formula is C14H25IN2O6. The van der Waals surface area contributed by atoms with E-state index >= 15 is 0 Å². The number of halogens is 1. The van der Waals surface area contributed by atoms with Crippen molar-refractivity contribution in [3.05, 3.63) is 33.1 Å². The highest BCUT2D eigenvalue weighted by Crippen LogP contribution is 2.30. The average Bonchev–Trinajstić information content (AvgIpc) is 2.58. The maximum atomic E-state index is 11.7. The lowest BCUT2D eigenvalue weighted by Gasteiger charge is -2.37. The maximum Gasteiger partial charge on any atom is 0.328 e. The Morgan fingerprint density at radius 3 is 2.61 bits per heavy atom. The molecule has 2 heterocycles. The third-order valence-electron chi connectivity index (χ3n) is 3.28. The van der Waals surface area contributed by atoms with Crippen LogP contribution in [-0.2, 0) is 12.8 Å². The largest absolute Gasteiger partial charge is 0.400 e. The molecule has 2 rings (SSSR count). The SMILES string of the molecule is CC.CO.C[C@@]1(COOI)CCC(n2ccc(=O)[nH]c2=O)CO1. The van der Waals surface area contributed by atoms with Crippen molar-refractivity contribution >= 4 is 23.0 Å². The molecule has 0 amide bonds. The summed E-state index contributed by atoms with van der Waals surface area (Å²) in [5, 5.41) is 7.00. The summed E-state index contributed by atoms with van der Waals surface area (Å²) in [6.45, 7) is 6.67. The van der Waals surface area contributed by atoms with Crippen molar-refractivity contribution in [2.75, 3.05) is 20.3 Å². The number of rotatable bonds is 4. The molecule has 23 heavy (non-hydrogen) atoms. The van der Waals surface area contributed by atoms with Crippen molar-refractivity contribution in [1.29, 1.82) is 0 Å². The molecular weight excluding hydrogens is 419 g/mol. The third kappa shape index (κ3) is 7.12. The molecule has 0 radical (unpaired) electrons. The Bertz CT molecular complexity index is 537. The van der Waals surface area contributed by atoms with Crippen LogP contribution in [0.2, 0.25) is 0 Å². The average molecular weight is 444 g/mol. The van der Waals surface area contributed by atoms with Crippen molar-refractivity contribution in [3.8, 4) is 0 Å². The highest BCUT2D eigenvalue weighted by molar-refractivity contribution is 14.1. The van der Waals surface area contributed by atoms with Crippen LogP contribution in [-0.4, -0.2) is 40.6 Å². The van der Waals surface area contributed by atoms with Crippen molar-refractivity contribution in [2.24, 2.45) is 0 Å². The van der Waals surface area contributed by atoms with Gasteiger partial charge in [-0.05, 0) is 19.8 Å². The number of nitrogens with zero attached hydrogens (tertiary/aromatic N) is 1. The summed E-state index contributed by atoms with van der Waals surface area (Å²) in [5.74, 6) is 0. The monoisotopic (exact) mass is 444 g/mol. The zero-order chi connectivity index (χ0) is 17.9. The van der Waals surface area contributed by atoms with Gasteiger partial charge in [0.15, 0.2) is 23.0 Å². The first-order valence-electron chi connectivity index (χ1n) is 7.34. The van der Waals surface area contributed by atoms with Crippen molar-refractivity contribution in [3.63, 3.8) is 0 Å². The van der Waals surface area contributed by atoms with E-state index in [1.165, 1.54) is 16.8 Å². The van der Waals surface area contributed by atoms with Gasteiger partial charge >= 0.3 is 5.69 Å². The lowest BCUT2D eigenvalue weighted by Crippen LogP contribution is -2.43. The number of aliphatic hydroxyl groups excluding tert-OH is 1. The van der Waals surface area contributed by atoms with E-state index in [1.54, 1.807) is 23.0 Å². The van der Waals surface area contributed by atoms with E-state index in [0.29, 0.717) is 13.2 Å². The van der Waals surface area contributed by atoms with E-state index in [4.69, 9.17) is 14.7 Å². The predicted molar refractivity (Wildman–Crippen MR) is 94.5 cm³/mol. The number of ether oxygens (including phenoxy) is 1. The van der Waals surface area contributed by atoms with Crippen LogP contribution in [0.15, 0.2) is 21.9 Å². The van der Waals surface area contributed by atoms with Crippen LogP contribution in [0.25, 0.3) is 0 Å². The van der Waals surface area contributed by atoms with Crippen LogP contribution < -0.4 is 11.2 Å². The van der Waals surface area contributed by atoms with Gasteiger partial charge in [-0.1, -0.05) is 13.8 Å². The molecule has 0 aliphatic carbocycles. The lowest BCUT2D eigenvalue weighted by molar-refractivity contribution is -0.228. The topological polar surface area (TPSA) is 103 Å². The minimum absolute atomic E-state index is 0.0713. The quantitative estimate of drug-likeness (QED) is 0.416. The zero-order valence-electron chi connectivity index (χ0n) is 13.9. The second-order valence-electron chi connectivity index (χ2n) is 4.80. The van der Waals surface area contributed by atoms with Gasteiger partial charge in [0.25, 0.3) is 5.56 Å². The molecule has 0 bridgehead atoms. The first-order valence-corrected chi connectivity index (χ1v) is 8.22. The van der Waals surface area contributed by atoms with Crippen molar-refractivity contribution < 1.29 is 17.9 Å². The fraction of sp³-hybridized carbons (Fsp3) is 0.714. The molecule has 8 nitrogen and oxygen atoms in total. The number of aromatic nitrogens is 2. The Morgan fingerprint density at radius 2 is 2.13 bits per heavy atom. The summed E-state index contributed by atoms with van der Waals surface area (Å²) < 4.78 is 11.8. The molecule has 1 aromatic heterocycles. The standard InChI is InChI=1S/C11H15IN2O5.C2H6.CH4O/c1-11(7-18-19-12)4-2-8(6-17-11)14-5-3-9(15)13-10(14)16;2*1-2/h3,5,8H,2,4,6-7H2,1H3,(H,13,15,16);1-2H3;2H,1H3/t8?,11-;;/m0../s1. The van der Waals surface area contributed by atoms with Crippen LogP contribution in [0.4, 0.5) is 0 Å². The van der Waals surface area contributed by atoms with Gasteiger partial charge in [0.05, 0.1) is 18.2 Å². The minimum Gasteiger partial charge on any atom is -0.400 e. The maximum absolute atomic E-state index is 11.7. The summed E-state index contributed by atoms with van der Waals surface area (Å²) in [6, 6.07) is 1.26. The molecule has 1 aliphatic heterocycles. The number of aliphatic hydroxyl groups is 1. The van der Waals surface area contributed by atoms with Gasteiger partial charge in [-0.15, -0.1) is 0 Å². The Kier molecular flexibility index (Phi) is 11.4. The summed E-state index contributed by atoms with van der Waals surface area (Å²) in [5.41, 5.74) is -1.21. The summed E-state index contributed by atoms with van der Waals surface area (Å²) in [7, 11) is 1.00. The molecule has 0 spiro atoms. The van der Waals surface area contributed by atoms with E-state index in [0.717, 1.165) is 20.0 Å². The molecule has 0 saturated carbocycles. The molecule has 0 aromatic carbocycles. The van der Waals surface area contributed by atoms with Crippen LogP contribution >= 0.6 is 23.0 Å². The Morgan fingerprint density at radius 1 is 1.48 bits per heavy atom. The highest BCUT2D eigenvalue weighted by Gasteiger charge is 2.33. The molecule has 2 N–H and O–H groups in total. The van der Waals surface area contributed by atoms with Gasteiger partial charge in [0.1, 0.15) is 6.61 Å². The van der Waals surface area contributed by atoms with Gasteiger partial charge in [-0.3, -0.25) is 14.3 Å². The summed E-state index contributed by atoms with van der Waals surface area (Å²) in [4.78, 5) is 29.8. The summed E-state index contributed by atoms with van der Waals surface area (Å²) in [6.07, 6.45) is 3.01. The molecule has 1 aliphatic rings. The third-order valence-corrected chi connectivity index (χ3v) is 3.54. The van der Waals surface area contributed by atoms with Crippen LogP contribution in [0.5, 0.6) is 0 Å². The first-order chi connectivity index (χ1) is 11.0. The minimum atomic E-state index is -0.409. The fourth-order valence-corrected chi connectivity index (χ4v) is 2.25. The number of aromatic amines is 1. The number of hydrogen-bond acceptors (Lipinski definition) is 6. The predicted octanol–water partition coefficient (Wildman–Crippen LogP) is 1.58. The van der Waals surface area contributed by atoms with Gasteiger partial charge in [0.2, 0.25) is 0 Å². The van der Waals surface area contributed by atoms with Crippen molar-refractivity contribution in [1.82, 2.24) is 9.55 Å². The van der Waals surface area contributed by atoms with E-state index in [9.17, 15) is 9.59 Å². The molecule has 1 saturated heterocycles.